The first kappa shape index (κ1) is 47.1. The van der Waals surface area contributed by atoms with E-state index in [2.05, 4.69) is 6.58 Å². The third-order valence-electron chi connectivity index (χ3n) is 12.7. The van der Waals surface area contributed by atoms with Crippen LogP contribution in [0.4, 0.5) is 0 Å². The van der Waals surface area contributed by atoms with Crippen molar-refractivity contribution in [3.63, 3.8) is 0 Å². The van der Waals surface area contributed by atoms with Gasteiger partial charge in [-0.1, -0.05) is 33.8 Å². The molecule has 0 radical (unpaired) electrons. The highest BCUT2D eigenvalue weighted by Gasteiger charge is 2.54. The number of carbonyl (C=O) groups is 1. The van der Waals surface area contributed by atoms with E-state index in [0.29, 0.717) is 12.8 Å². The molecule has 54 heavy (non-hydrogen) atoms. The molecule has 0 bridgehead atoms. The Labute approximate surface area is 323 Å². The van der Waals surface area contributed by atoms with Crippen molar-refractivity contribution in [3.05, 3.63) is 12.7 Å². The summed E-state index contributed by atoms with van der Waals surface area (Å²) in [6.45, 7) is 21.9. The molecule has 2 unspecified atom stereocenters. The zero-order valence-electron chi connectivity index (χ0n) is 35.1. The van der Waals surface area contributed by atoms with Crippen molar-refractivity contribution in [2.75, 3.05) is 27.8 Å². The van der Waals surface area contributed by atoms with Gasteiger partial charge in [-0.05, 0) is 80.8 Å². The van der Waals surface area contributed by atoms with Crippen LogP contribution in [-0.2, 0) is 38.0 Å². The molecular weight excluding hydrogens is 700 g/mol. The van der Waals surface area contributed by atoms with Crippen LogP contribution in [0.2, 0.25) is 0 Å². The van der Waals surface area contributed by atoms with Crippen molar-refractivity contribution in [2.45, 2.75) is 185 Å². The number of hydrogen-bond donors (Lipinski definition) is 5. The van der Waals surface area contributed by atoms with Crippen molar-refractivity contribution in [1.82, 2.24) is 4.90 Å². The van der Waals surface area contributed by atoms with Crippen molar-refractivity contribution in [1.29, 1.82) is 0 Å². The molecule has 3 saturated heterocycles. The number of aliphatic hydroxyl groups is 4. The number of methoxy groups -OCH3 is 1. The van der Waals surface area contributed by atoms with E-state index in [1.165, 1.54) is 14.0 Å². The topological polar surface area (TPSA) is 192 Å². The fourth-order valence-electron chi connectivity index (χ4n) is 8.99. The van der Waals surface area contributed by atoms with E-state index >= 15 is 0 Å². The van der Waals surface area contributed by atoms with E-state index < -0.39 is 102 Å². The van der Waals surface area contributed by atoms with Crippen molar-refractivity contribution in [3.8, 4) is 0 Å². The first-order valence-corrected chi connectivity index (χ1v) is 19.8. The Morgan fingerprint density at radius 3 is 2.15 bits per heavy atom. The highest BCUT2D eigenvalue weighted by atomic mass is 16.7. The van der Waals surface area contributed by atoms with Crippen molar-refractivity contribution in [2.24, 2.45) is 29.4 Å². The number of ether oxygens (including phenoxy) is 7. The average Bonchev–Trinajstić information content (AvgIpc) is 3.11. The maximum atomic E-state index is 14.3. The first-order chi connectivity index (χ1) is 25.0. The molecule has 316 valence electrons. The molecule has 0 amide bonds. The SMILES string of the molecule is C=CCO[C@@]1(C)C[C@@H](C)C(N)[C@@H](C)[C@@H](O)[C@](C)(O)[C@H](CC)OC(=O)[C@H](C)[C@@H](OC2C[C@@](C)(OC)[C@@H](O)[C@H](C)O2)[C@H](C)[C@H]1O[C@@H]1O[C@H](C)C[C@H](N(C)C)[C@H]1O. The third kappa shape index (κ3) is 10.2. The number of likely N-dealkylation sites (N-methyl/N-ethyl adjacent to an activating group) is 1. The molecule has 3 heterocycles. The lowest BCUT2D eigenvalue weighted by atomic mass is 9.72. The van der Waals surface area contributed by atoms with Gasteiger partial charge >= 0.3 is 5.97 Å². The second-order valence-electron chi connectivity index (χ2n) is 17.3. The van der Waals surface area contributed by atoms with Gasteiger partial charge in [0, 0.05) is 37.5 Å². The van der Waals surface area contributed by atoms with Gasteiger partial charge in [0.1, 0.15) is 23.9 Å². The summed E-state index contributed by atoms with van der Waals surface area (Å²) >= 11 is 0. The van der Waals surface area contributed by atoms with Gasteiger partial charge < -0.3 is 64.2 Å². The van der Waals surface area contributed by atoms with Gasteiger partial charge in [-0.3, -0.25) is 4.79 Å². The zero-order chi connectivity index (χ0) is 41.1. The van der Waals surface area contributed by atoms with Crippen LogP contribution in [0.5, 0.6) is 0 Å². The Morgan fingerprint density at radius 2 is 1.59 bits per heavy atom. The standard InChI is InChI=1S/C40H74N2O12/c1-15-17-49-39(10)19-21(3)30(41)23(5)33(44)40(11,47)28(16-2)52-36(46)25(7)32(53-29-20-38(9,48-14)34(45)26(8)51-29)24(6)35(39)54-37-31(43)27(42(12)13)18-22(4)50-37/h15,21-35,37,43-45,47H,1,16-20,41H2,2-14H3/t21-,22-,23-,24+,25-,26+,27+,28+,29?,30?,31-,32+,33-,34+,35-,37+,38-,39+,40-/m1/s1. The van der Waals surface area contributed by atoms with E-state index in [-0.39, 0.29) is 37.5 Å². The highest BCUT2D eigenvalue weighted by molar-refractivity contribution is 5.73. The van der Waals surface area contributed by atoms with Gasteiger partial charge in [-0.25, -0.2) is 0 Å². The minimum absolute atomic E-state index is 0.136. The molecule has 0 saturated carbocycles. The summed E-state index contributed by atoms with van der Waals surface area (Å²) in [7, 11) is 5.32. The molecule has 0 aromatic heterocycles. The molecule has 3 aliphatic rings. The maximum Gasteiger partial charge on any atom is 0.311 e. The summed E-state index contributed by atoms with van der Waals surface area (Å²) < 4.78 is 44.8. The molecule has 19 atom stereocenters. The molecule has 0 aromatic rings. The molecule has 14 nitrogen and oxygen atoms in total. The summed E-state index contributed by atoms with van der Waals surface area (Å²) in [6, 6.07) is -0.904. The molecular formula is C40H74N2O12. The summed E-state index contributed by atoms with van der Waals surface area (Å²) in [6.07, 6.45) is -6.33. The number of hydrogen-bond acceptors (Lipinski definition) is 14. The Kier molecular flexibility index (Phi) is 16.6. The van der Waals surface area contributed by atoms with E-state index in [1.54, 1.807) is 40.7 Å². The molecule has 0 spiro atoms. The predicted octanol–water partition coefficient (Wildman–Crippen LogP) is 2.75. The summed E-state index contributed by atoms with van der Waals surface area (Å²) in [5, 5.41) is 46.1. The lowest BCUT2D eigenvalue weighted by Crippen LogP contribution is -2.62. The minimum atomic E-state index is -1.84. The number of rotatable bonds is 10. The van der Waals surface area contributed by atoms with Crippen LogP contribution < -0.4 is 5.73 Å². The average molecular weight is 775 g/mol. The Bertz CT molecular complexity index is 1210. The molecule has 3 fully saturated rings. The summed E-state index contributed by atoms with van der Waals surface area (Å²) in [5.74, 6) is -3.27. The quantitative estimate of drug-likeness (QED) is 0.161. The second-order valence-corrected chi connectivity index (χ2v) is 17.3. The van der Waals surface area contributed by atoms with Crippen LogP contribution >= 0.6 is 0 Å². The van der Waals surface area contributed by atoms with Gasteiger partial charge in [0.05, 0.1) is 54.2 Å². The largest absolute Gasteiger partial charge is 0.459 e. The van der Waals surface area contributed by atoms with E-state index in [0.717, 1.165) is 0 Å². The van der Waals surface area contributed by atoms with Gasteiger partial charge in [-0.2, -0.15) is 0 Å². The van der Waals surface area contributed by atoms with E-state index in [9.17, 15) is 25.2 Å². The number of nitrogens with zero attached hydrogens (tertiary/aromatic N) is 1. The van der Waals surface area contributed by atoms with E-state index in [1.807, 2.05) is 46.7 Å². The molecule has 0 aromatic carbocycles. The normalized spacial score (nSPS) is 48.9. The van der Waals surface area contributed by atoms with Gasteiger partial charge in [0.15, 0.2) is 12.6 Å². The van der Waals surface area contributed by atoms with Gasteiger partial charge in [0.25, 0.3) is 0 Å². The molecule has 0 aliphatic carbocycles. The Morgan fingerprint density at radius 1 is 0.963 bits per heavy atom. The second kappa shape index (κ2) is 19.0. The molecule has 6 N–H and O–H groups in total. The lowest BCUT2D eigenvalue weighted by Gasteiger charge is -2.50. The highest BCUT2D eigenvalue weighted by Crippen LogP contribution is 2.42. The first-order valence-electron chi connectivity index (χ1n) is 19.8. The monoisotopic (exact) mass is 775 g/mol. The number of nitrogens with two attached hydrogens (primary N) is 1. The van der Waals surface area contributed by atoms with Crippen molar-refractivity contribution >= 4 is 5.97 Å². The van der Waals surface area contributed by atoms with Crippen LogP contribution in [-0.4, -0.2) is 149 Å². The summed E-state index contributed by atoms with van der Waals surface area (Å²) in [5.41, 5.74) is 2.87. The number of cyclic esters (lactones) is 1. The van der Waals surface area contributed by atoms with Gasteiger partial charge in [0.2, 0.25) is 0 Å². The molecule has 3 aliphatic heterocycles. The van der Waals surface area contributed by atoms with Crippen LogP contribution in [0, 0.1) is 23.7 Å². The van der Waals surface area contributed by atoms with E-state index in [4.69, 9.17) is 38.9 Å². The Balaban J connectivity index is 2.27. The lowest BCUT2D eigenvalue weighted by molar-refractivity contribution is -0.320. The Hall–Kier alpha value is -1.27. The summed E-state index contributed by atoms with van der Waals surface area (Å²) in [4.78, 5) is 16.3. The number of aliphatic hydroxyl groups excluding tert-OH is 3. The van der Waals surface area contributed by atoms with Gasteiger partial charge in [-0.15, -0.1) is 6.58 Å². The minimum Gasteiger partial charge on any atom is -0.459 e. The predicted molar refractivity (Wildman–Crippen MR) is 203 cm³/mol. The maximum absolute atomic E-state index is 14.3. The van der Waals surface area contributed by atoms with Crippen LogP contribution in [0.3, 0.4) is 0 Å². The fraction of sp³-hybridized carbons (Fsp3) is 0.925. The van der Waals surface area contributed by atoms with Crippen LogP contribution in [0.25, 0.3) is 0 Å². The fourth-order valence-corrected chi connectivity index (χ4v) is 8.99. The molecule has 3 rings (SSSR count). The number of carbonyl (C=O) groups excluding carboxylic acids is 1. The van der Waals surface area contributed by atoms with Crippen LogP contribution in [0.1, 0.15) is 94.9 Å². The van der Waals surface area contributed by atoms with Crippen molar-refractivity contribution < 1.29 is 58.4 Å². The molecule has 14 heteroatoms. The van der Waals surface area contributed by atoms with Crippen LogP contribution in [0.15, 0.2) is 12.7 Å². The smallest absolute Gasteiger partial charge is 0.311 e. The number of esters is 1. The third-order valence-corrected chi connectivity index (χ3v) is 12.7. The zero-order valence-corrected chi connectivity index (χ0v) is 35.1.